The van der Waals surface area contributed by atoms with Crippen molar-refractivity contribution in [2.24, 2.45) is 0 Å². The van der Waals surface area contributed by atoms with Gasteiger partial charge in [-0.1, -0.05) is 11.6 Å². The molecule has 1 saturated heterocycles. The number of hydrogen-bond donors (Lipinski definition) is 0. The molecule has 0 N–H and O–H groups in total. The summed E-state index contributed by atoms with van der Waals surface area (Å²) >= 11 is 6.94. The minimum atomic E-state index is -3.50. The van der Waals surface area contributed by atoms with Gasteiger partial charge in [-0.15, -0.1) is 11.3 Å². The normalized spacial score (nSPS) is 17.6. The Balaban J connectivity index is 1.99. The van der Waals surface area contributed by atoms with Crippen LogP contribution >= 0.6 is 22.9 Å². The first kappa shape index (κ1) is 19.7. The Labute approximate surface area is 153 Å². The lowest BCUT2D eigenvalue weighted by molar-refractivity contribution is -0.132. The second-order valence-electron chi connectivity index (χ2n) is 5.66. The molecule has 1 aliphatic rings. The Morgan fingerprint density at radius 2 is 1.92 bits per heavy atom. The largest absolute Gasteiger partial charge is 0.342 e. The average molecular weight is 394 g/mol. The van der Waals surface area contributed by atoms with Crippen molar-refractivity contribution in [1.82, 2.24) is 14.1 Å². The molecule has 0 saturated carbocycles. The van der Waals surface area contributed by atoms with Crippen molar-refractivity contribution >= 4 is 38.9 Å². The first-order chi connectivity index (χ1) is 11.4. The lowest BCUT2D eigenvalue weighted by atomic mass is 10.3. The number of rotatable bonds is 6. The number of carbonyl (C=O) groups excluding carboxylic acids is 1. The maximum atomic E-state index is 12.7. The van der Waals surface area contributed by atoms with Crippen LogP contribution in [0.15, 0.2) is 16.3 Å². The highest BCUT2D eigenvalue weighted by Gasteiger charge is 2.28. The second kappa shape index (κ2) is 8.62. The van der Waals surface area contributed by atoms with Gasteiger partial charge < -0.3 is 4.90 Å². The van der Waals surface area contributed by atoms with Gasteiger partial charge in [0.2, 0.25) is 5.91 Å². The lowest BCUT2D eigenvalue weighted by Gasteiger charge is -2.25. The van der Waals surface area contributed by atoms with Crippen molar-refractivity contribution in [1.29, 1.82) is 0 Å². The molecule has 0 atom stereocenters. The van der Waals surface area contributed by atoms with E-state index in [9.17, 15) is 13.2 Å². The molecule has 24 heavy (non-hydrogen) atoms. The zero-order chi connectivity index (χ0) is 17.7. The Morgan fingerprint density at radius 1 is 1.21 bits per heavy atom. The van der Waals surface area contributed by atoms with E-state index in [1.807, 2.05) is 18.7 Å². The molecule has 136 valence electrons. The number of carbonyl (C=O) groups is 1. The summed E-state index contributed by atoms with van der Waals surface area (Å²) in [6.45, 7) is 7.81. The molecule has 2 heterocycles. The van der Waals surface area contributed by atoms with Gasteiger partial charge in [0.25, 0.3) is 10.0 Å². The molecule has 0 aliphatic carbocycles. The van der Waals surface area contributed by atoms with E-state index in [2.05, 4.69) is 0 Å². The Bertz CT molecular complexity index is 659. The van der Waals surface area contributed by atoms with Gasteiger partial charge in [0.1, 0.15) is 4.21 Å². The number of amides is 1. The first-order valence-electron chi connectivity index (χ1n) is 8.14. The van der Waals surface area contributed by atoms with Crippen molar-refractivity contribution in [3.8, 4) is 0 Å². The molecule has 0 bridgehead atoms. The Hall–Kier alpha value is -0.670. The molecule has 0 aromatic carbocycles. The van der Waals surface area contributed by atoms with E-state index in [4.69, 9.17) is 11.6 Å². The van der Waals surface area contributed by atoms with E-state index in [0.717, 1.165) is 17.9 Å². The topological polar surface area (TPSA) is 60.9 Å². The van der Waals surface area contributed by atoms with Gasteiger partial charge in [-0.25, -0.2) is 8.42 Å². The Kier molecular flexibility index (Phi) is 7.06. The number of nitrogens with zero attached hydrogens (tertiary/aromatic N) is 3. The van der Waals surface area contributed by atoms with Crippen molar-refractivity contribution < 1.29 is 13.2 Å². The molecule has 0 radical (unpaired) electrons. The summed E-state index contributed by atoms with van der Waals surface area (Å²) in [5, 5.41) is 0. The molecule has 1 aromatic rings. The SMILES string of the molecule is CCN(CC)C(=O)CN1CCCN(S(=O)(=O)c2ccc(Cl)s2)CC1. The van der Waals surface area contributed by atoms with E-state index in [1.165, 1.54) is 4.31 Å². The van der Waals surface area contributed by atoms with Gasteiger partial charge in [0, 0.05) is 32.7 Å². The van der Waals surface area contributed by atoms with Crippen LogP contribution in [0.4, 0.5) is 0 Å². The highest BCUT2D eigenvalue weighted by molar-refractivity contribution is 7.91. The van der Waals surface area contributed by atoms with Gasteiger partial charge in [-0.05, 0) is 38.9 Å². The van der Waals surface area contributed by atoms with Gasteiger partial charge in [0.05, 0.1) is 10.9 Å². The highest BCUT2D eigenvalue weighted by Crippen LogP contribution is 2.28. The summed E-state index contributed by atoms with van der Waals surface area (Å²) in [6.07, 6.45) is 0.712. The number of hydrogen-bond acceptors (Lipinski definition) is 5. The summed E-state index contributed by atoms with van der Waals surface area (Å²) in [5.74, 6) is 0.0985. The van der Waals surface area contributed by atoms with Crippen LogP contribution in [0.1, 0.15) is 20.3 Å². The molecule has 1 amide bonds. The summed E-state index contributed by atoms with van der Waals surface area (Å²) in [7, 11) is -3.50. The molecular weight excluding hydrogens is 370 g/mol. The van der Waals surface area contributed by atoms with Crippen molar-refractivity contribution in [2.45, 2.75) is 24.5 Å². The number of likely N-dealkylation sites (N-methyl/N-ethyl adjacent to an activating group) is 1. The molecule has 2 rings (SSSR count). The molecule has 6 nitrogen and oxygen atoms in total. The fourth-order valence-corrected chi connectivity index (χ4v) is 5.88. The van der Waals surface area contributed by atoms with E-state index in [0.29, 0.717) is 50.0 Å². The maximum absolute atomic E-state index is 12.7. The standard InChI is InChI=1S/C15H24ClN3O3S2/c1-3-18(4-2)14(20)12-17-8-5-9-19(11-10-17)24(21,22)15-7-6-13(16)23-15/h6-7H,3-5,8-12H2,1-2H3. The fourth-order valence-electron chi connectivity index (χ4n) is 2.78. The van der Waals surface area contributed by atoms with Gasteiger partial charge >= 0.3 is 0 Å². The van der Waals surface area contributed by atoms with Gasteiger partial charge in [-0.3, -0.25) is 9.69 Å². The van der Waals surface area contributed by atoms with Crippen LogP contribution < -0.4 is 0 Å². The van der Waals surface area contributed by atoms with Crippen LogP contribution in [0.25, 0.3) is 0 Å². The van der Waals surface area contributed by atoms with Crippen LogP contribution in [-0.2, 0) is 14.8 Å². The number of sulfonamides is 1. The molecule has 1 aromatic heterocycles. The van der Waals surface area contributed by atoms with E-state index < -0.39 is 10.0 Å². The second-order valence-corrected chi connectivity index (χ2v) is 9.54. The lowest BCUT2D eigenvalue weighted by Crippen LogP contribution is -2.42. The van der Waals surface area contributed by atoms with Crippen LogP contribution in [-0.4, -0.2) is 74.2 Å². The van der Waals surface area contributed by atoms with Gasteiger partial charge in [-0.2, -0.15) is 4.31 Å². The number of thiophene rings is 1. The van der Waals surface area contributed by atoms with Crippen LogP contribution in [0, 0.1) is 0 Å². The van der Waals surface area contributed by atoms with E-state index in [1.54, 1.807) is 17.0 Å². The summed E-state index contributed by atoms with van der Waals surface area (Å²) in [5.41, 5.74) is 0. The number of halogens is 1. The molecule has 9 heteroatoms. The Morgan fingerprint density at radius 3 is 2.50 bits per heavy atom. The monoisotopic (exact) mass is 393 g/mol. The van der Waals surface area contributed by atoms with Crippen molar-refractivity contribution in [3.63, 3.8) is 0 Å². The predicted molar refractivity (Wildman–Crippen MR) is 97.1 cm³/mol. The van der Waals surface area contributed by atoms with Crippen LogP contribution in [0.2, 0.25) is 4.34 Å². The molecule has 1 aliphatic heterocycles. The first-order valence-corrected chi connectivity index (χ1v) is 10.8. The highest BCUT2D eigenvalue weighted by atomic mass is 35.5. The summed E-state index contributed by atoms with van der Waals surface area (Å²) in [6, 6.07) is 3.15. The van der Waals surface area contributed by atoms with Crippen molar-refractivity contribution in [3.05, 3.63) is 16.5 Å². The molecular formula is C15H24ClN3O3S2. The fraction of sp³-hybridized carbons (Fsp3) is 0.667. The third kappa shape index (κ3) is 4.70. The third-order valence-electron chi connectivity index (χ3n) is 4.17. The van der Waals surface area contributed by atoms with E-state index >= 15 is 0 Å². The molecule has 0 unspecified atom stereocenters. The zero-order valence-electron chi connectivity index (χ0n) is 14.1. The summed E-state index contributed by atoms with van der Waals surface area (Å²) < 4.78 is 27.6. The quantitative estimate of drug-likeness (QED) is 0.741. The smallest absolute Gasteiger partial charge is 0.252 e. The van der Waals surface area contributed by atoms with Gasteiger partial charge in [0.15, 0.2) is 0 Å². The predicted octanol–water partition coefficient (Wildman–Crippen LogP) is 1.97. The minimum Gasteiger partial charge on any atom is -0.342 e. The van der Waals surface area contributed by atoms with E-state index in [-0.39, 0.29) is 10.1 Å². The van der Waals surface area contributed by atoms with Crippen LogP contribution in [0.3, 0.4) is 0 Å². The molecule has 0 spiro atoms. The zero-order valence-corrected chi connectivity index (χ0v) is 16.5. The minimum absolute atomic E-state index is 0.0985. The average Bonchev–Trinajstić information content (AvgIpc) is 2.84. The summed E-state index contributed by atoms with van der Waals surface area (Å²) in [4.78, 5) is 16.1. The van der Waals surface area contributed by atoms with Crippen molar-refractivity contribution in [2.75, 3.05) is 45.8 Å². The third-order valence-corrected chi connectivity index (χ3v) is 7.76. The van der Waals surface area contributed by atoms with Crippen LogP contribution in [0.5, 0.6) is 0 Å². The molecule has 1 fully saturated rings. The maximum Gasteiger partial charge on any atom is 0.252 e.